The van der Waals surface area contributed by atoms with E-state index < -0.39 is 0 Å². The summed E-state index contributed by atoms with van der Waals surface area (Å²) >= 11 is 0. The minimum Gasteiger partial charge on any atom is -0.337 e. The fourth-order valence-electron chi connectivity index (χ4n) is 2.98. The Balaban J connectivity index is 1.78. The summed E-state index contributed by atoms with van der Waals surface area (Å²) in [6, 6.07) is 12.0. The molecule has 2 heterocycles. The Kier molecular flexibility index (Phi) is 4.47. The van der Waals surface area contributed by atoms with Crippen LogP contribution >= 0.6 is 0 Å². The highest BCUT2D eigenvalue weighted by atomic mass is 19.1. The summed E-state index contributed by atoms with van der Waals surface area (Å²) in [7, 11) is 0. The number of carbonyl (C=O) groups excluding carboxylic acids is 1. The molecule has 22 heavy (non-hydrogen) atoms. The lowest BCUT2D eigenvalue weighted by molar-refractivity contribution is 0.0748. The van der Waals surface area contributed by atoms with E-state index in [1.54, 1.807) is 18.3 Å². The molecule has 1 aliphatic rings. The average Bonchev–Trinajstić information content (AvgIpc) is 2.82. The number of carbonyl (C=O) groups is 1. The minimum atomic E-state index is -0.223. The number of pyridine rings is 1. The SMILES string of the molecule is O=C(c1ccccn1)N1CCCC[C@@H](c2ccc(F)cc2)C1. The van der Waals surface area contributed by atoms with Gasteiger partial charge >= 0.3 is 0 Å². The number of amides is 1. The summed E-state index contributed by atoms with van der Waals surface area (Å²) in [5.41, 5.74) is 1.59. The van der Waals surface area contributed by atoms with Crippen LogP contribution in [0.4, 0.5) is 4.39 Å². The zero-order valence-corrected chi connectivity index (χ0v) is 12.4. The number of rotatable bonds is 2. The van der Waals surface area contributed by atoms with Crippen molar-refractivity contribution >= 4 is 5.91 Å². The van der Waals surface area contributed by atoms with Crippen molar-refractivity contribution in [1.82, 2.24) is 9.88 Å². The number of aromatic nitrogens is 1. The number of benzene rings is 1. The van der Waals surface area contributed by atoms with E-state index in [2.05, 4.69) is 4.98 Å². The van der Waals surface area contributed by atoms with Crippen LogP contribution in [0.2, 0.25) is 0 Å². The van der Waals surface area contributed by atoms with Crippen molar-refractivity contribution in [3.05, 3.63) is 65.7 Å². The van der Waals surface area contributed by atoms with Gasteiger partial charge in [-0.15, -0.1) is 0 Å². The second kappa shape index (κ2) is 6.69. The van der Waals surface area contributed by atoms with Crippen LogP contribution in [0.1, 0.15) is 41.2 Å². The van der Waals surface area contributed by atoms with Crippen molar-refractivity contribution in [2.24, 2.45) is 0 Å². The first-order valence-electron chi connectivity index (χ1n) is 7.70. The molecule has 0 aliphatic carbocycles. The van der Waals surface area contributed by atoms with Gasteiger partial charge in [0.1, 0.15) is 11.5 Å². The number of hydrogen-bond acceptors (Lipinski definition) is 2. The van der Waals surface area contributed by atoms with Crippen LogP contribution in [0.15, 0.2) is 48.7 Å². The molecule has 3 rings (SSSR count). The van der Waals surface area contributed by atoms with E-state index in [4.69, 9.17) is 0 Å². The van der Waals surface area contributed by atoms with E-state index in [-0.39, 0.29) is 17.6 Å². The lowest BCUT2D eigenvalue weighted by atomic mass is 9.94. The Bertz CT molecular complexity index is 627. The number of likely N-dealkylation sites (tertiary alicyclic amines) is 1. The highest BCUT2D eigenvalue weighted by molar-refractivity contribution is 5.92. The van der Waals surface area contributed by atoms with Crippen LogP contribution < -0.4 is 0 Å². The molecule has 0 spiro atoms. The molecule has 1 fully saturated rings. The van der Waals surface area contributed by atoms with Crippen molar-refractivity contribution < 1.29 is 9.18 Å². The molecule has 1 aromatic heterocycles. The third-order valence-electron chi connectivity index (χ3n) is 4.18. The summed E-state index contributed by atoms with van der Waals surface area (Å²) in [5.74, 6) is 0.0177. The molecule has 2 aromatic rings. The topological polar surface area (TPSA) is 33.2 Å². The second-order valence-electron chi connectivity index (χ2n) is 5.71. The molecule has 0 bridgehead atoms. The molecule has 0 saturated carbocycles. The summed E-state index contributed by atoms with van der Waals surface area (Å²) in [5, 5.41) is 0. The summed E-state index contributed by atoms with van der Waals surface area (Å²) in [6.45, 7) is 1.42. The van der Waals surface area contributed by atoms with Crippen molar-refractivity contribution in [3.8, 4) is 0 Å². The predicted molar refractivity (Wildman–Crippen MR) is 83.1 cm³/mol. The molecule has 0 unspecified atom stereocenters. The Morgan fingerprint density at radius 2 is 1.95 bits per heavy atom. The summed E-state index contributed by atoms with van der Waals surface area (Å²) in [4.78, 5) is 18.6. The zero-order chi connectivity index (χ0) is 15.4. The molecule has 0 radical (unpaired) electrons. The molecule has 3 nitrogen and oxygen atoms in total. The quantitative estimate of drug-likeness (QED) is 0.848. The zero-order valence-electron chi connectivity index (χ0n) is 12.4. The number of nitrogens with zero attached hydrogens (tertiary/aromatic N) is 2. The van der Waals surface area contributed by atoms with Crippen molar-refractivity contribution in [1.29, 1.82) is 0 Å². The Labute approximate surface area is 129 Å². The van der Waals surface area contributed by atoms with E-state index in [1.165, 1.54) is 12.1 Å². The van der Waals surface area contributed by atoms with Gasteiger partial charge in [-0.2, -0.15) is 0 Å². The van der Waals surface area contributed by atoms with Gasteiger partial charge in [0.15, 0.2) is 0 Å². The van der Waals surface area contributed by atoms with Crippen LogP contribution in [-0.2, 0) is 0 Å². The van der Waals surface area contributed by atoms with Crippen molar-refractivity contribution in [3.63, 3.8) is 0 Å². The maximum atomic E-state index is 13.1. The first kappa shape index (κ1) is 14.7. The van der Waals surface area contributed by atoms with Crippen LogP contribution in [0, 0.1) is 5.82 Å². The van der Waals surface area contributed by atoms with Gasteiger partial charge < -0.3 is 4.90 Å². The van der Waals surface area contributed by atoms with Crippen LogP contribution in [0.3, 0.4) is 0 Å². The van der Waals surface area contributed by atoms with Crippen LogP contribution in [0.25, 0.3) is 0 Å². The molecular formula is C18H19FN2O. The van der Waals surface area contributed by atoms with Crippen LogP contribution in [0.5, 0.6) is 0 Å². The summed E-state index contributed by atoms with van der Waals surface area (Å²) in [6.07, 6.45) is 4.74. The van der Waals surface area contributed by atoms with E-state index in [0.29, 0.717) is 12.2 Å². The van der Waals surface area contributed by atoms with E-state index in [0.717, 1.165) is 31.4 Å². The van der Waals surface area contributed by atoms with Gasteiger partial charge in [-0.25, -0.2) is 4.39 Å². The monoisotopic (exact) mass is 298 g/mol. The molecule has 114 valence electrons. The normalized spacial score (nSPS) is 18.8. The molecule has 1 atom stereocenters. The maximum absolute atomic E-state index is 13.1. The Hall–Kier alpha value is -2.23. The summed E-state index contributed by atoms with van der Waals surface area (Å²) < 4.78 is 13.1. The van der Waals surface area contributed by atoms with Gasteiger partial charge in [0, 0.05) is 25.2 Å². The van der Waals surface area contributed by atoms with Gasteiger partial charge in [0.25, 0.3) is 5.91 Å². The molecule has 4 heteroatoms. The average molecular weight is 298 g/mol. The third kappa shape index (κ3) is 3.32. The fraction of sp³-hybridized carbons (Fsp3) is 0.333. The first-order valence-corrected chi connectivity index (χ1v) is 7.70. The van der Waals surface area contributed by atoms with E-state index in [1.807, 2.05) is 23.1 Å². The third-order valence-corrected chi connectivity index (χ3v) is 4.18. The minimum absolute atomic E-state index is 0.0189. The first-order chi connectivity index (χ1) is 10.7. The maximum Gasteiger partial charge on any atom is 0.272 e. The van der Waals surface area contributed by atoms with Crippen molar-refractivity contribution in [2.45, 2.75) is 25.2 Å². The highest BCUT2D eigenvalue weighted by Crippen LogP contribution is 2.27. The highest BCUT2D eigenvalue weighted by Gasteiger charge is 2.24. The lowest BCUT2D eigenvalue weighted by Crippen LogP contribution is -2.34. The number of hydrogen-bond donors (Lipinski definition) is 0. The van der Waals surface area contributed by atoms with Crippen LogP contribution in [-0.4, -0.2) is 28.9 Å². The molecule has 0 N–H and O–H groups in total. The Morgan fingerprint density at radius 3 is 2.68 bits per heavy atom. The molecule has 1 amide bonds. The van der Waals surface area contributed by atoms with Gasteiger partial charge in [0.05, 0.1) is 0 Å². The van der Waals surface area contributed by atoms with E-state index in [9.17, 15) is 9.18 Å². The van der Waals surface area contributed by atoms with Crippen molar-refractivity contribution in [2.75, 3.05) is 13.1 Å². The number of halogens is 1. The molecule has 1 aromatic carbocycles. The largest absolute Gasteiger partial charge is 0.337 e. The van der Waals surface area contributed by atoms with Gasteiger partial charge in [-0.3, -0.25) is 9.78 Å². The molecule has 1 saturated heterocycles. The van der Waals surface area contributed by atoms with E-state index >= 15 is 0 Å². The smallest absolute Gasteiger partial charge is 0.272 e. The fourth-order valence-corrected chi connectivity index (χ4v) is 2.98. The Morgan fingerprint density at radius 1 is 1.14 bits per heavy atom. The van der Waals surface area contributed by atoms with Gasteiger partial charge in [-0.05, 0) is 42.7 Å². The molecule has 1 aliphatic heterocycles. The van der Waals surface area contributed by atoms with Gasteiger partial charge in [0.2, 0.25) is 0 Å². The molecular weight excluding hydrogens is 279 g/mol. The second-order valence-corrected chi connectivity index (χ2v) is 5.71. The lowest BCUT2D eigenvalue weighted by Gasteiger charge is -2.24. The predicted octanol–water partition coefficient (Wildman–Crippen LogP) is 3.63. The standard InChI is InChI=1S/C18H19FN2O/c19-16-9-7-14(8-10-16)15-5-2-4-12-21(13-15)18(22)17-6-1-3-11-20-17/h1,3,6-11,15H,2,4-5,12-13H2/t15-/m1/s1. The van der Waals surface area contributed by atoms with Gasteiger partial charge in [-0.1, -0.05) is 24.6 Å².